The average molecular weight is 230 g/mol. The number of fused-ring (bicyclic) bond motifs is 1. The van der Waals surface area contributed by atoms with Crippen LogP contribution in [0, 0.1) is 6.92 Å². The Kier molecular flexibility index (Phi) is 2.61. The van der Waals surface area contributed by atoms with Gasteiger partial charge in [0, 0.05) is 17.5 Å². The van der Waals surface area contributed by atoms with Crippen LogP contribution < -0.4 is 11.1 Å². The van der Waals surface area contributed by atoms with E-state index in [1.54, 1.807) is 0 Å². The molecule has 2 heterocycles. The van der Waals surface area contributed by atoms with Crippen LogP contribution in [0.2, 0.25) is 0 Å². The van der Waals surface area contributed by atoms with Gasteiger partial charge in [-0.3, -0.25) is 5.10 Å². The van der Waals surface area contributed by atoms with Crippen molar-refractivity contribution in [2.45, 2.75) is 31.8 Å². The number of aromatic nitrogens is 2. The zero-order valence-corrected chi connectivity index (χ0v) is 10.0. The molecule has 1 fully saturated rings. The molecule has 3 rings (SSSR count). The second-order valence-corrected chi connectivity index (χ2v) is 4.87. The van der Waals surface area contributed by atoms with Crippen molar-refractivity contribution in [2.24, 2.45) is 5.73 Å². The molecule has 1 saturated heterocycles. The number of nitrogens with two attached hydrogens (primary N) is 1. The van der Waals surface area contributed by atoms with Gasteiger partial charge in [-0.05, 0) is 43.5 Å². The van der Waals surface area contributed by atoms with Crippen LogP contribution in [0.4, 0.5) is 0 Å². The van der Waals surface area contributed by atoms with Gasteiger partial charge in [-0.25, -0.2) is 0 Å². The topological polar surface area (TPSA) is 66.7 Å². The number of rotatable bonds is 1. The molecule has 0 saturated carbocycles. The lowest BCUT2D eigenvalue weighted by Gasteiger charge is -2.31. The zero-order valence-electron chi connectivity index (χ0n) is 10.0. The Labute approximate surface area is 101 Å². The third-order valence-corrected chi connectivity index (χ3v) is 3.70. The number of aromatic amines is 1. The summed E-state index contributed by atoms with van der Waals surface area (Å²) in [7, 11) is 0. The van der Waals surface area contributed by atoms with Gasteiger partial charge in [-0.15, -0.1) is 0 Å². The van der Waals surface area contributed by atoms with E-state index < -0.39 is 0 Å². The number of benzene rings is 1. The predicted molar refractivity (Wildman–Crippen MR) is 68.8 cm³/mol. The summed E-state index contributed by atoms with van der Waals surface area (Å²) < 4.78 is 0. The standard InChI is InChI=1S/C13H18N4/c1-8-4-5-11-9(7-16-17-11)12(8)13-10(14)3-2-6-15-13/h4-5,7,10,13,15H,2-3,6,14H2,1H3,(H,16,17). The molecule has 4 heteroatoms. The summed E-state index contributed by atoms with van der Waals surface area (Å²) >= 11 is 0. The first-order valence-electron chi connectivity index (χ1n) is 6.19. The second kappa shape index (κ2) is 4.13. The quantitative estimate of drug-likeness (QED) is 0.697. The lowest BCUT2D eigenvalue weighted by atomic mass is 9.88. The van der Waals surface area contributed by atoms with Gasteiger partial charge in [0.1, 0.15) is 0 Å². The molecule has 2 unspecified atom stereocenters. The lowest BCUT2D eigenvalue weighted by Crippen LogP contribution is -2.43. The molecule has 0 spiro atoms. The number of aryl methyl sites for hydroxylation is 1. The first-order valence-corrected chi connectivity index (χ1v) is 6.19. The van der Waals surface area contributed by atoms with Crippen LogP contribution in [-0.2, 0) is 0 Å². The highest BCUT2D eigenvalue weighted by Crippen LogP contribution is 2.30. The molecular weight excluding hydrogens is 212 g/mol. The molecule has 0 aliphatic carbocycles. The number of hydrogen-bond acceptors (Lipinski definition) is 3. The Bertz CT molecular complexity index is 531. The molecule has 2 aromatic rings. The molecule has 0 amide bonds. The fourth-order valence-electron chi connectivity index (χ4n) is 2.79. The van der Waals surface area contributed by atoms with Crippen LogP contribution >= 0.6 is 0 Å². The summed E-state index contributed by atoms with van der Waals surface area (Å²) in [6.45, 7) is 3.19. The Morgan fingerprint density at radius 2 is 2.29 bits per heavy atom. The van der Waals surface area contributed by atoms with E-state index in [1.807, 2.05) is 6.20 Å². The van der Waals surface area contributed by atoms with Crippen molar-refractivity contribution in [2.75, 3.05) is 6.54 Å². The first-order chi connectivity index (χ1) is 8.27. The summed E-state index contributed by atoms with van der Waals surface area (Å²) in [5.41, 5.74) is 9.93. The number of nitrogens with zero attached hydrogens (tertiary/aromatic N) is 1. The van der Waals surface area contributed by atoms with Crippen molar-refractivity contribution in [1.29, 1.82) is 0 Å². The molecule has 1 aliphatic rings. The van der Waals surface area contributed by atoms with Crippen LogP contribution in [0.5, 0.6) is 0 Å². The summed E-state index contributed by atoms with van der Waals surface area (Å²) in [4.78, 5) is 0. The maximum atomic E-state index is 6.25. The van der Waals surface area contributed by atoms with Gasteiger partial charge in [-0.2, -0.15) is 5.10 Å². The van der Waals surface area contributed by atoms with E-state index in [1.165, 1.54) is 16.5 Å². The SMILES string of the molecule is Cc1ccc2[nH]ncc2c1C1NCCCC1N. The second-order valence-electron chi connectivity index (χ2n) is 4.87. The molecule has 4 N–H and O–H groups in total. The van der Waals surface area contributed by atoms with Gasteiger partial charge in [0.05, 0.1) is 11.7 Å². The monoisotopic (exact) mass is 230 g/mol. The number of H-pyrrole nitrogens is 1. The van der Waals surface area contributed by atoms with Crippen molar-refractivity contribution in [3.8, 4) is 0 Å². The van der Waals surface area contributed by atoms with Crippen LogP contribution in [0.3, 0.4) is 0 Å². The van der Waals surface area contributed by atoms with E-state index in [0.717, 1.165) is 24.9 Å². The van der Waals surface area contributed by atoms with Crippen molar-refractivity contribution in [3.63, 3.8) is 0 Å². The van der Waals surface area contributed by atoms with Crippen molar-refractivity contribution in [3.05, 3.63) is 29.5 Å². The van der Waals surface area contributed by atoms with Crippen molar-refractivity contribution < 1.29 is 0 Å². The largest absolute Gasteiger partial charge is 0.326 e. The summed E-state index contributed by atoms with van der Waals surface area (Å²) in [5, 5.41) is 11.9. The molecule has 2 atom stereocenters. The van der Waals surface area contributed by atoms with Crippen LogP contribution in [0.15, 0.2) is 18.3 Å². The van der Waals surface area contributed by atoms with Crippen LogP contribution in [0.25, 0.3) is 10.9 Å². The fourth-order valence-corrected chi connectivity index (χ4v) is 2.79. The Morgan fingerprint density at radius 1 is 1.41 bits per heavy atom. The molecular formula is C13H18N4. The maximum Gasteiger partial charge on any atom is 0.0653 e. The molecule has 1 aromatic heterocycles. The number of piperidine rings is 1. The smallest absolute Gasteiger partial charge is 0.0653 e. The molecule has 1 aliphatic heterocycles. The minimum absolute atomic E-state index is 0.197. The van der Waals surface area contributed by atoms with E-state index in [9.17, 15) is 0 Å². The van der Waals surface area contributed by atoms with Gasteiger partial charge in [0.15, 0.2) is 0 Å². The molecule has 90 valence electrons. The highest BCUT2D eigenvalue weighted by atomic mass is 15.1. The highest BCUT2D eigenvalue weighted by molar-refractivity contribution is 5.83. The average Bonchev–Trinajstić information content (AvgIpc) is 2.79. The van der Waals surface area contributed by atoms with Crippen molar-refractivity contribution >= 4 is 10.9 Å². The molecule has 0 bridgehead atoms. The van der Waals surface area contributed by atoms with Gasteiger partial charge in [-0.1, -0.05) is 6.07 Å². The van der Waals surface area contributed by atoms with Gasteiger partial charge in [0.25, 0.3) is 0 Å². The normalized spacial score (nSPS) is 25.3. The summed E-state index contributed by atoms with van der Waals surface area (Å²) in [6.07, 6.45) is 4.16. The summed E-state index contributed by atoms with van der Waals surface area (Å²) in [5.74, 6) is 0. The summed E-state index contributed by atoms with van der Waals surface area (Å²) in [6, 6.07) is 4.67. The Hall–Kier alpha value is -1.39. The Morgan fingerprint density at radius 3 is 3.12 bits per heavy atom. The molecule has 17 heavy (non-hydrogen) atoms. The molecule has 1 aromatic carbocycles. The van der Waals surface area contributed by atoms with E-state index in [-0.39, 0.29) is 12.1 Å². The number of nitrogens with one attached hydrogen (secondary N) is 2. The minimum atomic E-state index is 0.197. The number of hydrogen-bond donors (Lipinski definition) is 3. The van der Waals surface area contributed by atoms with E-state index in [2.05, 4.69) is 34.6 Å². The van der Waals surface area contributed by atoms with Crippen molar-refractivity contribution in [1.82, 2.24) is 15.5 Å². The zero-order chi connectivity index (χ0) is 11.8. The predicted octanol–water partition coefficient (Wildman–Crippen LogP) is 1.62. The minimum Gasteiger partial charge on any atom is -0.326 e. The molecule has 0 radical (unpaired) electrons. The first kappa shape index (κ1) is 10.7. The Balaban J connectivity index is 2.14. The van der Waals surface area contributed by atoms with E-state index >= 15 is 0 Å². The third-order valence-electron chi connectivity index (χ3n) is 3.70. The lowest BCUT2D eigenvalue weighted by molar-refractivity contribution is 0.359. The van der Waals surface area contributed by atoms with Gasteiger partial charge < -0.3 is 11.1 Å². The van der Waals surface area contributed by atoms with Gasteiger partial charge in [0.2, 0.25) is 0 Å². The fraction of sp³-hybridized carbons (Fsp3) is 0.462. The van der Waals surface area contributed by atoms with E-state index in [4.69, 9.17) is 5.73 Å². The highest BCUT2D eigenvalue weighted by Gasteiger charge is 2.26. The maximum absolute atomic E-state index is 6.25. The van der Waals surface area contributed by atoms with E-state index in [0.29, 0.717) is 0 Å². The van der Waals surface area contributed by atoms with Gasteiger partial charge >= 0.3 is 0 Å². The van der Waals surface area contributed by atoms with Crippen LogP contribution in [0.1, 0.15) is 30.0 Å². The van der Waals surface area contributed by atoms with Crippen LogP contribution in [-0.4, -0.2) is 22.8 Å². The third kappa shape index (κ3) is 1.73. The molecule has 4 nitrogen and oxygen atoms in total.